The molecule has 1 aliphatic rings. The second-order valence-corrected chi connectivity index (χ2v) is 6.42. The Labute approximate surface area is 137 Å². The van der Waals surface area contributed by atoms with E-state index in [4.69, 9.17) is 4.52 Å². The second-order valence-electron chi connectivity index (χ2n) is 6.42. The molecule has 2 atom stereocenters. The third-order valence-corrected chi connectivity index (χ3v) is 5.01. The molecule has 3 rings (SSSR count). The smallest absolute Gasteiger partial charge is 0.141 e. The van der Waals surface area contributed by atoms with Crippen LogP contribution < -0.4 is 5.32 Å². The highest BCUT2D eigenvalue weighted by atomic mass is 19.1. The highest BCUT2D eigenvalue weighted by Gasteiger charge is 2.28. The zero-order chi connectivity index (χ0) is 16.4. The fraction of sp³-hybridized carbons (Fsp3) is 0.526. The maximum atomic E-state index is 14.1. The van der Waals surface area contributed by atoms with E-state index in [2.05, 4.69) is 37.3 Å². The molecule has 23 heavy (non-hydrogen) atoms. The predicted octanol–water partition coefficient (Wildman–Crippen LogP) is 4.35. The molecule has 3 nitrogen and oxygen atoms in total. The molecule has 1 aromatic carbocycles. The van der Waals surface area contributed by atoms with Gasteiger partial charge in [0.1, 0.15) is 11.6 Å². The molecule has 1 N–H and O–H groups in total. The minimum atomic E-state index is -0.0744. The van der Waals surface area contributed by atoms with E-state index in [9.17, 15) is 4.39 Å². The molecule has 4 heteroatoms. The fourth-order valence-corrected chi connectivity index (χ4v) is 3.64. The number of nitrogens with zero attached hydrogens (tertiary/aromatic N) is 1. The largest absolute Gasteiger partial charge is 0.361 e. The van der Waals surface area contributed by atoms with Crippen molar-refractivity contribution in [1.29, 1.82) is 0 Å². The molecule has 0 fully saturated rings. The topological polar surface area (TPSA) is 38.1 Å². The quantitative estimate of drug-likeness (QED) is 0.891. The van der Waals surface area contributed by atoms with Gasteiger partial charge in [-0.2, -0.15) is 0 Å². The number of hydrogen-bond donors (Lipinski definition) is 1. The number of halogens is 1. The Morgan fingerprint density at radius 1 is 1.30 bits per heavy atom. The average Bonchev–Trinajstić information content (AvgIpc) is 2.96. The molecule has 0 aliphatic heterocycles. The third kappa shape index (κ3) is 3.05. The van der Waals surface area contributed by atoms with Crippen LogP contribution in [-0.2, 0) is 25.8 Å². The van der Waals surface area contributed by atoms with Gasteiger partial charge >= 0.3 is 0 Å². The van der Waals surface area contributed by atoms with Crippen molar-refractivity contribution in [2.45, 2.75) is 59.0 Å². The zero-order valence-electron chi connectivity index (χ0n) is 14.2. The fourth-order valence-electron chi connectivity index (χ4n) is 3.64. The molecule has 1 aromatic heterocycles. The summed E-state index contributed by atoms with van der Waals surface area (Å²) in [4.78, 5) is 0. The standard InChI is InChI=1S/C19H25FN2O/c1-4-17-15(18(5-2)23-22-17)11-21-19-12(3)9-10-13-14(19)7-6-8-16(13)20/h6-8,12,19,21H,4-5,9-11H2,1-3H3/t12-,19-/m0/s1. The van der Waals surface area contributed by atoms with Crippen molar-refractivity contribution in [1.82, 2.24) is 10.5 Å². The summed E-state index contributed by atoms with van der Waals surface area (Å²) in [6, 6.07) is 5.62. The molecule has 124 valence electrons. The monoisotopic (exact) mass is 316 g/mol. The summed E-state index contributed by atoms with van der Waals surface area (Å²) in [7, 11) is 0. The molecular formula is C19H25FN2O. The summed E-state index contributed by atoms with van der Waals surface area (Å²) in [5, 5.41) is 7.81. The molecule has 0 spiro atoms. The van der Waals surface area contributed by atoms with E-state index < -0.39 is 0 Å². The lowest BCUT2D eigenvalue weighted by Gasteiger charge is -2.32. The summed E-state index contributed by atoms with van der Waals surface area (Å²) in [6.45, 7) is 7.13. The van der Waals surface area contributed by atoms with Crippen LogP contribution in [0, 0.1) is 11.7 Å². The van der Waals surface area contributed by atoms with E-state index in [0.29, 0.717) is 5.92 Å². The lowest BCUT2D eigenvalue weighted by Crippen LogP contribution is -2.31. The molecule has 1 aliphatic carbocycles. The first-order valence-corrected chi connectivity index (χ1v) is 8.62. The van der Waals surface area contributed by atoms with Crippen molar-refractivity contribution >= 4 is 0 Å². The Balaban J connectivity index is 1.84. The Hall–Kier alpha value is -1.68. The van der Waals surface area contributed by atoms with Gasteiger partial charge in [0.05, 0.1) is 5.69 Å². The van der Waals surface area contributed by atoms with E-state index in [-0.39, 0.29) is 11.9 Å². The number of benzene rings is 1. The van der Waals surface area contributed by atoms with E-state index >= 15 is 0 Å². The Morgan fingerprint density at radius 2 is 2.13 bits per heavy atom. The van der Waals surface area contributed by atoms with E-state index in [1.54, 1.807) is 6.07 Å². The van der Waals surface area contributed by atoms with Gasteiger partial charge in [-0.05, 0) is 42.4 Å². The van der Waals surface area contributed by atoms with Gasteiger partial charge in [-0.15, -0.1) is 0 Å². The van der Waals surface area contributed by atoms with Gasteiger partial charge in [0.15, 0.2) is 0 Å². The summed E-state index contributed by atoms with van der Waals surface area (Å²) < 4.78 is 19.5. The number of hydrogen-bond acceptors (Lipinski definition) is 3. The molecule has 0 bridgehead atoms. The molecule has 0 radical (unpaired) electrons. The summed E-state index contributed by atoms with van der Waals surface area (Å²) >= 11 is 0. The predicted molar refractivity (Wildman–Crippen MR) is 88.7 cm³/mol. The summed E-state index contributed by atoms with van der Waals surface area (Å²) in [5.74, 6) is 1.37. The molecule has 1 heterocycles. The lowest BCUT2D eigenvalue weighted by molar-refractivity contribution is 0.336. The van der Waals surface area contributed by atoms with Gasteiger partial charge in [0.25, 0.3) is 0 Å². The van der Waals surface area contributed by atoms with Crippen LogP contribution in [0.25, 0.3) is 0 Å². The third-order valence-electron chi connectivity index (χ3n) is 5.01. The van der Waals surface area contributed by atoms with Crippen molar-refractivity contribution in [2.75, 3.05) is 0 Å². The van der Waals surface area contributed by atoms with Gasteiger partial charge in [-0.25, -0.2) is 4.39 Å². The Bertz CT molecular complexity index is 659. The van der Waals surface area contributed by atoms with Gasteiger partial charge in [-0.3, -0.25) is 0 Å². The van der Waals surface area contributed by atoms with Crippen LogP contribution in [0.5, 0.6) is 0 Å². The van der Waals surface area contributed by atoms with Crippen LogP contribution in [0.15, 0.2) is 22.7 Å². The van der Waals surface area contributed by atoms with Crippen molar-refractivity contribution in [3.63, 3.8) is 0 Å². The molecule has 0 unspecified atom stereocenters. The van der Waals surface area contributed by atoms with E-state index in [1.807, 2.05) is 6.07 Å². The number of nitrogens with one attached hydrogen (secondary N) is 1. The SMILES string of the molecule is CCc1noc(CC)c1CN[C@@H]1c2cccc(F)c2CC[C@@H]1C. The van der Waals surface area contributed by atoms with Crippen LogP contribution in [-0.4, -0.2) is 5.16 Å². The normalized spacial score (nSPS) is 20.5. The Morgan fingerprint density at radius 3 is 2.87 bits per heavy atom. The molecular weight excluding hydrogens is 291 g/mol. The van der Waals surface area contributed by atoms with Crippen molar-refractivity contribution < 1.29 is 8.91 Å². The van der Waals surface area contributed by atoms with Crippen LogP contribution in [0.1, 0.15) is 61.4 Å². The maximum absolute atomic E-state index is 14.1. The maximum Gasteiger partial charge on any atom is 0.141 e. The minimum Gasteiger partial charge on any atom is -0.361 e. The van der Waals surface area contributed by atoms with E-state index in [0.717, 1.165) is 54.8 Å². The first-order chi connectivity index (χ1) is 11.2. The zero-order valence-corrected chi connectivity index (χ0v) is 14.2. The van der Waals surface area contributed by atoms with Crippen molar-refractivity contribution in [3.05, 3.63) is 52.2 Å². The van der Waals surface area contributed by atoms with Crippen LogP contribution in [0.2, 0.25) is 0 Å². The first-order valence-electron chi connectivity index (χ1n) is 8.62. The van der Waals surface area contributed by atoms with Crippen LogP contribution in [0.4, 0.5) is 4.39 Å². The molecule has 0 saturated heterocycles. The highest BCUT2D eigenvalue weighted by Crippen LogP contribution is 2.35. The van der Waals surface area contributed by atoms with Gasteiger partial charge < -0.3 is 9.84 Å². The summed E-state index contributed by atoms with van der Waals surface area (Å²) in [6.07, 6.45) is 3.55. The molecule has 0 saturated carbocycles. The van der Waals surface area contributed by atoms with E-state index in [1.165, 1.54) is 5.56 Å². The summed E-state index contributed by atoms with van der Waals surface area (Å²) in [5.41, 5.74) is 4.18. The average molecular weight is 316 g/mol. The lowest BCUT2D eigenvalue weighted by atomic mass is 9.80. The van der Waals surface area contributed by atoms with Gasteiger partial charge in [0.2, 0.25) is 0 Å². The van der Waals surface area contributed by atoms with Crippen molar-refractivity contribution in [2.24, 2.45) is 5.92 Å². The molecule has 0 amide bonds. The number of rotatable bonds is 5. The van der Waals surface area contributed by atoms with Crippen LogP contribution >= 0.6 is 0 Å². The first kappa shape index (κ1) is 16.2. The number of fused-ring (bicyclic) bond motifs is 1. The molecule has 2 aromatic rings. The number of aromatic nitrogens is 1. The number of aryl methyl sites for hydroxylation is 2. The highest BCUT2D eigenvalue weighted by molar-refractivity contribution is 5.34. The van der Waals surface area contributed by atoms with Gasteiger partial charge in [0, 0.05) is 24.6 Å². The van der Waals surface area contributed by atoms with Crippen LogP contribution in [0.3, 0.4) is 0 Å². The second kappa shape index (κ2) is 6.83. The minimum absolute atomic E-state index is 0.0744. The van der Waals surface area contributed by atoms with Gasteiger partial charge in [-0.1, -0.05) is 38.1 Å². The van der Waals surface area contributed by atoms with Crippen molar-refractivity contribution in [3.8, 4) is 0 Å². The Kier molecular flexibility index (Phi) is 4.81.